The minimum Gasteiger partial charge on any atom is -0.355 e. The molecule has 1 unspecified atom stereocenters. The van der Waals surface area contributed by atoms with Gasteiger partial charge in [-0.2, -0.15) is 4.98 Å². The maximum Gasteiger partial charge on any atom is 0.273 e. The highest BCUT2D eigenvalue weighted by molar-refractivity contribution is 7.13. The highest BCUT2D eigenvalue weighted by atomic mass is 32.1. The Bertz CT molecular complexity index is 1000. The van der Waals surface area contributed by atoms with Crippen molar-refractivity contribution in [1.82, 2.24) is 20.6 Å². The molecule has 0 spiro atoms. The lowest BCUT2D eigenvalue weighted by Gasteiger charge is -2.04. The third kappa shape index (κ3) is 3.22. The van der Waals surface area contributed by atoms with E-state index in [0.717, 1.165) is 4.88 Å². The van der Waals surface area contributed by atoms with Crippen molar-refractivity contribution in [3.8, 4) is 10.6 Å². The first-order chi connectivity index (χ1) is 12.7. The van der Waals surface area contributed by atoms with E-state index in [-0.39, 0.29) is 29.9 Å². The van der Waals surface area contributed by atoms with Crippen LogP contribution in [0.25, 0.3) is 10.6 Å². The first kappa shape index (κ1) is 16.1. The fourth-order valence-electron chi connectivity index (χ4n) is 2.27. The highest BCUT2D eigenvalue weighted by Gasteiger charge is 2.24. The number of aliphatic imine (C=N–C) groups is 1. The van der Waals surface area contributed by atoms with Gasteiger partial charge in [-0.1, -0.05) is 22.5 Å². The van der Waals surface area contributed by atoms with Gasteiger partial charge in [0.05, 0.1) is 11.4 Å². The van der Waals surface area contributed by atoms with Crippen molar-refractivity contribution in [3.05, 3.63) is 53.1 Å². The van der Waals surface area contributed by atoms with Crippen LogP contribution < -0.4 is 5.32 Å². The summed E-state index contributed by atoms with van der Waals surface area (Å²) in [6, 6.07) is 5.31. The predicted octanol–water partition coefficient (Wildman–Crippen LogP) is 1.97. The van der Waals surface area contributed by atoms with E-state index in [0.29, 0.717) is 5.76 Å². The van der Waals surface area contributed by atoms with Crippen LogP contribution in [0.5, 0.6) is 0 Å². The van der Waals surface area contributed by atoms with Gasteiger partial charge < -0.3 is 14.4 Å². The Morgan fingerprint density at radius 3 is 3.04 bits per heavy atom. The van der Waals surface area contributed by atoms with Gasteiger partial charge >= 0.3 is 0 Å². The molecule has 0 saturated carbocycles. The molecule has 2 amide bonds. The van der Waals surface area contributed by atoms with E-state index in [2.05, 4.69) is 25.6 Å². The minimum absolute atomic E-state index is 0.000914. The second kappa shape index (κ2) is 6.84. The quantitative estimate of drug-likeness (QED) is 0.729. The first-order valence-corrected chi connectivity index (χ1v) is 8.44. The summed E-state index contributed by atoms with van der Waals surface area (Å²) < 4.78 is 10.2. The topological polar surface area (TPSA) is 123 Å². The second-order valence-electron chi connectivity index (χ2n) is 5.26. The van der Waals surface area contributed by atoms with Crippen molar-refractivity contribution >= 4 is 29.4 Å². The van der Waals surface area contributed by atoms with E-state index in [1.807, 2.05) is 17.5 Å². The third-order valence-electron chi connectivity index (χ3n) is 3.53. The maximum atomic E-state index is 12.2. The zero-order valence-electron chi connectivity index (χ0n) is 13.2. The summed E-state index contributed by atoms with van der Waals surface area (Å²) in [5.41, 5.74) is 0.146. The van der Waals surface area contributed by atoms with Gasteiger partial charge in [-0.05, 0) is 17.5 Å². The van der Waals surface area contributed by atoms with Crippen molar-refractivity contribution in [2.24, 2.45) is 4.99 Å². The van der Waals surface area contributed by atoms with Crippen LogP contribution in [0.1, 0.15) is 28.1 Å². The molecule has 0 aliphatic carbocycles. The lowest BCUT2D eigenvalue weighted by molar-refractivity contribution is -0.118. The smallest absolute Gasteiger partial charge is 0.273 e. The molecule has 0 bridgehead atoms. The summed E-state index contributed by atoms with van der Waals surface area (Å²) in [5, 5.41) is 12.0. The lowest BCUT2D eigenvalue weighted by Crippen LogP contribution is -2.23. The SMILES string of the molecule is O=C(NCc1nc(C2C=CC=NC2=O)no1)c1cc(-c2cccs2)on1. The maximum absolute atomic E-state index is 12.2. The van der Waals surface area contributed by atoms with Crippen molar-refractivity contribution in [2.75, 3.05) is 0 Å². The first-order valence-electron chi connectivity index (χ1n) is 7.56. The van der Waals surface area contributed by atoms with Gasteiger partial charge in [0.2, 0.25) is 5.89 Å². The number of nitrogens with one attached hydrogen (secondary N) is 1. The molecule has 0 saturated heterocycles. The van der Waals surface area contributed by atoms with Crippen molar-refractivity contribution in [1.29, 1.82) is 0 Å². The number of amides is 2. The summed E-state index contributed by atoms with van der Waals surface area (Å²) in [6.45, 7) is 0.000914. The molecular weight excluding hydrogens is 358 g/mol. The Morgan fingerprint density at radius 1 is 1.31 bits per heavy atom. The van der Waals surface area contributed by atoms with Gasteiger partial charge in [-0.25, -0.2) is 4.99 Å². The van der Waals surface area contributed by atoms with Crippen molar-refractivity contribution < 1.29 is 18.6 Å². The third-order valence-corrected chi connectivity index (χ3v) is 4.41. The monoisotopic (exact) mass is 369 g/mol. The Labute approximate surface area is 150 Å². The largest absolute Gasteiger partial charge is 0.355 e. The number of carbonyl (C=O) groups excluding carboxylic acids is 2. The molecule has 0 aromatic carbocycles. The fraction of sp³-hybridized carbons (Fsp3) is 0.125. The van der Waals surface area contributed by atoms with Crippen LogP contribution >= 0.6 is 11.3 Å². The summed E-state index contributed by atoms with van der Waals surface area (Å²) >= 11 is 1.49. The Morgan fingerprint density at radius 2 is 2.23 bits per heavy atom. The Balaban J connectivity index is 1.38. The van der Waals surface area contributed by atoms with Crippen LogP contribution in [-0.4, -0.2) is 33.3 Å². The molecule has 4 rings (SSSR count). The van der Waals surface area contributed by atoms with Gasteiger partial charge in [0.1, 0.15) is 5.92 Å². The molecule has 1 aliphatic rings. The van der Waals surface area contributed by atoms with Crippen molar-refractivity contribution in [2.45, 2.75) is 12.5 Å². The molecule has 26 heavy (non-hydrogen) atoms. The van der Waals surface area contributed by atoms with Crippen molar-refractivity contribution in [3.63, 3.8) is 0 Å². The normalized spacial score (nSPS) is 16.2. The fourth-order valence-corrected chi connectivity index (χ4v) is 2.94. The molecule has 0 radical (unpaired) electrons. The second-order valence-corrected chi connectivity index (χ2v) is 6.21. The average molecular weight is 369 g/mol. The van der Waals surface area contributed by atoms with Gasteiger partial charge in [0.15, 0.2) is 17.3 Å². The van der Waals surface area contributed by atoms with E-state index < -0.39 is 11.8 Å². The molecular formula is C16H11N5O4S. The lowest BCUT2D eigenvalue weighted by atomic mass is 10.1. The summed E-state index contributed by atoms with van der Waals surface area (Å²) in [4.78, 5) is 32.5. The standard InChI is InChI=1S/C16H11N5O4S/c22-15-9(3-1-5-17-15)14-19-13(25-21-14)8-18-16(23)10-7-11(24-20-10)12-4-2-6-26-12/h1-7,9H,8H2,(H,18,23). The highest BCUT2D eigenvalue weighted by Crippen LogP contribution is 2.25. The summed E-state index contributed by atoms with van der Waals surface area (Å²) in [6.07, 6.45) is 4.67. The molecule has 4 heterocycles. The van der Waals surface area contributed by atoms with E-state index in [9.17, 15) is 9.59 Å². The van der Waals surface area contributed by atoms with E-state index in [1.54, 1.807) is 18.2 Å². The predicted molar refractivity (Wildman–Crippen MR) is 90.7 cm³/mol. The van der Waals surface area contributed by atoms with Crippen LogP contribution in [0.2, 0.25) is 0 Å². The Kier molecular flexibility index (Phi) is 4.23. The van der Waals surface area contributed by atoms with Crippen LogP contribution in [0, 0.1) is 0 Å². The molecule has 3 aromatic rings. The van der Waals surface area contributed by atoms with Gasteiger partial charge in [0, 0.05) is 12.3 Å². The average Bonchev–Trinajstić information content (AvgIpc) is 3.40. The minimum atomic E-state index is -0.669. The number of dihydropyridines is 1. The van der Waals surface area contributed by atoms with Crippen LogP contribution in [0.3, 0.4) is 0 Å². The molecule has 9 nitrogen and oxygen atoms in total. The summed E-state index contributed by atoms with van der Waals surface area (Å²) in [5.74, 6) is -0.576. The van der Waals surface area contributed by atoms with Crippen LogP contribution in [-0.2, 0) is 11.3 Å². The molecule has 1 aliphatic heterocycles. The number of thiophene rings is 1. The molecule has 130 valence electrons. The zero-order valence-corrected chi connectivity index (χ0v) is 14.0. The van der Waals surface area contributed by atoms with E-state index in [4.69, 9.17) is 9.05 Å². The summed E-state index contributed by atoms with van der Waals surface area (Å²) in [7, 11) is 0. The number of carbonyl (C=O) groups is 2. The van der Waals surface area contributed by atoms with Gasteiger partial charge in [-0.3, -0.25) is 9.59 Å². The number of nitrogens with zero attached hydrogens (tertiary/aromatic N) is 4. The van der Waals surface area contributed by atoms with Crippen LogP contribution in [0.4, 0.5) is 0 Å². The number of aromatic nitrogens is 3. The van der Waals surface area contributed by atoms with E-state index >= 15 is 0 Å². The number of hydrogen-bond acceptors (Lipinski definition) is 8. The van der Waals surface area contributed by atoms with Gasteiger partial charge in [-0.15, -0.1) is 11.3 Å². The molecule has 10 heteroatoms. The molecule has 1 N–H and O–H groups in total. The van der Waals surface area contributed by atoms with Crippen LogP contribution in [0.15, 0.2) is 49.8 Å². The van der Waals surface area contributed by atoms with E-state index in [1.165, 1.54) is 17.6 Å². The number of rotatable bonds is 5. The number of hydrogen-bond donors (Lipinski definition) is 1. The molecule has 0 fully saturated rings. The number of allylic oxidation sites excluding steroid dienone is 1. The molecule has 1 atom stereocenters. The molecule has 3 aromatic heterocycles. The zero-order chi connectivity index (χ0) is 17.9. The Hall–Kier alpha value is -3.40. The van der Waals surface area contributed by atoms with Gasteiger partial charge in [0.25, 0.3) is 11.8 Å².